The molecule has 0 aliphatic rings. The van der Waals surface area contributed by atoms with E-state index in [1.165, 1.54) is 12.1 Å². The Labute approximate surface area is 120 Å². The predicted octanol–water partition coefficient (Wildman–Crippen LogP) is 3.21. The lowest BCUT2D eigenvalue weighted by molar-refractivity contribution is 0.348. The Kier molecular flexibility index (Phi) is 5.30. The highest BCUT2D eigenvalue weighted by Gasteiger charge is 2.04. The molecule has 3 nitrogen and oxygen atoms in total. The number of thioether (sulfide) groups is 1. The molecule has 0 bridgehead atoms. The van der Waals surface area contributed by atoms with E-state index in [9.17, 15) is 4.39 Å². The number of aryl methyl sites for hydroxylation is 1. The zero-order valence-corrected chi connectivity index (χ0v) is 12.6. The minimum absolute atomic E-state index is 0.186. The first-order valence-electron chi connectivity index (χ1n) is 5.99. The van der Waals surface area contributed by atoms with E-state index >= 15 is 0 Å². The molecule has 0 saturated carbocycles. The minimum atomic E-state index is -0.186. The molecule has 0 atom stereocenters. The number of nitrogens with zero attached hydrogens (tertiary/aromatic N) is 3. The van der Waals surface area contributed by atoms with Crippen molar-refractivity contribution < 1.29 is 4.39 Å². The molecule has 2 rings (SSSR count). The fourth-order valence-corrected chi connectivity index (χ4v) is 3.55. The van der Waals surface area contributed by atoms with Crippen molar-refractivity contribution in [1.29, 1.82) is 0 Å². The van der Waals surface area contributed by atoms with E-state index in [4.69, 9.17) is 0 Å². The third-order valence-corrected chi connectivity index (χ3v) is 4.52. The Bertz CT molecular complexity index is 513. The Balaban J connectivity index is 1.72. The molecule has 2 aromatic rings. The summed E-state index contributed by atoms with van der Waals surface area (Å²) in [4.78, 5) is 2.22. The summed E-state index contributed by atoms with van der Waals surface area (Å²) in [6, 6.07) is 6.66. The number of halogens is 1. The van der Waals surface area contributed by atoms with E-state index in [2.05, 4.69) is 22.1 Å². The molecule has 1 aromatic heterocycles. The average Bonchev–Trinajstić information content (AvgIpc) is 2.78. The van der Waals surface area contributed by atoms with Crippen LogP contribution in [0.4, 0.5) is 4.39 Å². The SMILES string of the molecule is Cc1nnc(SCCN(C)Cc2ccc(F)cc2)s1. The molecular weight excluding hydrogens is 281 g/mol. The van der Waals surface area contributed by atoms with Gasteiger partial charge in [0.25, 0.3) is 0 Å². The zero-order chi connectivity index (χ0) is 13.7. The number of rotatable bonds is 6. The quantitative estimate of drug-likeness (QED) is 0.766. The summed E-state index contributed by atoms with van der Waals surface area (Å²) in [5, 5.41) is 9.07. The van der Waals surface area contributed by atoms with Gasteiger partial charge in [0, 0.05) is 18.8 Å². The Morgan fingerprint density at radius 2 is 2.00 bits per heavy atom. The van der Waals surface area contributed by atoms with Gasteiger partial charge in [-0.1, -0.05) is 35.2 Å². The second kappa shape index (κ2) is 6.98. The molecule has 0 aliphatic carbocycles. The second-order valence-corrected chi connectivity index (χ2v) is 6.82. The highest BCUT2D eigenvalue weighted by molar-refractivity contribution is 8.01. The van der Waals surface area contributed by atoms with Crippen LogP contribution < -0.4 is 0 Å². The minimum Gasteiger partial charge on any atom is -0.301 e. The smallest absolute Gasteiger partial charge is 0.174 e. The fraction of sp³-hybridized carbons (Fsp3) is 0.385. The number of aromatic nitrogens is 2. The molecule has 0 unspecified atom stereocenters. The first-order chi connectivity index (χ1) is 9.13. The first kappa shape index (κ1) is 14.4. The van der Waals surface area contributed by atoms with Crippen LogP contribution in [0.25, 0.3) is 0 Å². The van der Waals surface area contributed by atoms with Crippen LogP contribution in [0.5, 0.6) is 0 Å². The second-order valence-electron chi connectivity index (χ2n) is 4.30. The van der Waals surface area contributed by atoms with Gasteiger partial charge in [-0.2, -0.15) is 0 Å². The van der Waals surface area contributed by atoms with Crippen LogP contribution in [0.3, 0.4) is 0 Å². The van der Waals surface area contributed by atoms with Gasteiger partial charge in [0.2, 0.25) is 0 Å². The Hall–Kier alpha value is -0.980. The summed E-state index contributed by atoms with van der Waals surface area (Å²) in [5.74, 6) is 0.792. The summed E-state index contributed by atoms with van der Waals surface area (Å²) in [5.41, 5.74) is 1.13. The summed E-state index contributed by atoms with van der Waals surface area (Å²) in [7, 11) is 2.06. The summed E-state index contributed by atoms with van der Waals surface area (Å²) >= 11 is 3.35. The van der Waals surface area contributed by atoms with Crippen molar-refractivity contribution in [3.8, 4) is 0 Å². The van der Waals surface area contributed by atoms with Gasteiger partial charge in [-0.3, -0.25) is 0 Å². The summed E-state index contributed by atoms with van der Waals surface area (Å²) in [6.45, 7) is 3.75. The van der Waals surface area contributed by atoms with Gasteiger partial charge >= 0.3 is 0 Å². The highest BCUT2D eigenvalue weighted by Crippen LogP contribution is 2.21. The largest absolute Gasteiger partial charge is 0.301 e. The van der Waals surface area contributed by atoms with Gasteiger partial charge in [-0.05, 0) is 31.7 Å². The van der Waals surface area contributed by atoms with Gasteiger partial charge in [0.15, 0.2) is 4.34 Å². The van der Waals surface area contributed by atoms with Crippen LogP contribution in [0.15, 0.2) is 28.6 Å². The molecule has 0 radical (unpaired) electrons. The lowest BCUT2D eigenvalue weighted by atomic mass is 10.2. The third-order valence-electron chi connectivity index (χ3n) is 2.57. The lowest BCUT2D eigenvalue weighted by Crippen LogP contribution is -2.20. The van der Waals surface area contributed by atoms with E-state index in [1.54, 1.807) is 23.1 Å². The number of benzene rings is 1. The van der Waals surface area contributed by atoms with Gasteiger partial charge in [0.05, 0.1) is 0 Å². The molecular formula is C13H16FN3S2. The lowest BCUT2D eigenvalue weighted by Gasteiger charge is -2.15. The standard InChI is InChI=1S/C13H16FN3S2/c1-10-15-16-13(19-10)18-8-7-17(2)9-11-3-5-12(14)6-4-11/h3-6H,7-9H2,1-2H3. The van der Waals surface area contributed by atoms with Gasteiger partial charge in [0.1, 0.15) is 10.8 Å². The molecule has 0 saturated heterocycles. The molecule has 0 aliphatic heterocycles. The normalized spacial score (nSPS) is 11.2. The topological polar surface area (TPSA) is 29.0 Å². The predicted molar refractivity (Wildman–Crippen MR) is 78.1 cm³/mol. The summed E-state index contributed by atoms with van der Waals surface area (Å²) in [6.07, 6.45) is 0. The van der Waals surface area contributed by atoms with Gasteiger partial charge in [-0.25, -0.2) is 4.39 Å². The summed E-state index contributed by atoms with van der Waals surface area (Å²) < 4.78 is 13.8. The molecule has 1 heterocycles. The highest BCUT2D eigenvalue weighted by atomic mass is 32.2. The molecule has 6 heteroatoms. The maximum Gasteiger partial charge on any atom is 0.174 e. The maximum absolute atomic E-state index is 12.8. The van der Waals surface area contributed by atoms with Gasteiger partial charge in [-0.15, -0.1) is 10.2 Å². The van der Waals surface area contributed by atoms with Crippen LogP contribution in [0.1, 0.15) is 10.6 Å². The molecule has 0 N–H and O–H groups in total. The molecule has 19 heavy (non-hydrogen) atoms. The van der Waals surface area contributed by atoms with Crippen LogP contribution in [-0.2, 0) is 6.54 Å². The van der Waals surface area contributed by atoms with Crippen molar-refractivity contribution in [3.63, 3.8) is 0 Å². The van der Waals surface area contributed by atoms with E-state index < -0.39 is 0 Å². The van der Waals surface area contributed by atoms with Crippen LogP contribution in [0.2, 0.25) is 0 Å². The van der Waals surface area contributed by atoms with Crippen molar-refractivity contribution in [2.24, 2.45) is 0 Å². The van der Waals surface area contributed by atoms with E-state index in [0.717, 1.165) is 33.8 Å². The zero-order valence-electron chi connectivity index (χ0n) is 11.0. The van der Waals surface area contributed by atoms with E-state index in [1.807, 2.05) is 19.1 Å². The van der Waals surface area contributed by atoms with Crippen molar-refractivity contribution >= 4 is 23.1 Å². The van der Waals surface area contributed by atoms with E-state index in [-0.39, 0.29) is 5.82 Å². The maximum atomic E-state index is 12.8. The van der Waals surface area contributed by atoms with Crippen molar-refractivity contribution in [2.45, 2.75) is 17.8 Å². The third kappa shape index (κ3) is 4.89. The molecule has 102 valence electrons. The van der Waals surface area contributed by atoms with Crippen LogP contribution in [0, 0.1) is 12.7 Å². The van der Waals surface area contributed by atoms with Crippen LogP contribution in [-0.4, -0.2) is 34.4 Å². The monoisotopic (exact) mass is 297 g/mol. The van der Waals surface area contributed by atoms with Crippen molar-refractivity contribution in [2.75, 3.05) is 19.3 Å². The van der Waals surface area contributed by atoms with Crippen molar-refractivity contribution in [3.05, 3.63) is 40.7 Å². The first-order valence-corrected chi connectivity index (χ1v) is 7.79. The molecule has 1 aromatic carbocycles. The van der Waals surface area contributed by atoms with Crippen LogP contribution >= 0.6 is 23.1 Å². The van der Waals surface area contributed by atoms with Crippen molar-refractivity contribution in [1.82, 2.24) is 15.1 Å². The van der Waals surface area contributed by atoms with Gasteiger partial charge < -0.3 is 4.90 Å². The average molecular weight is 297 g/mol. The number of hydrogen-bond donors (Lipinski definition) is 0. The molecule has 0 fully saturated rings. The molecule has 0 spiro atoms. The Morgan fingerprint density at radius 1 is 1.26 bits per heavy atom. The Morgan fingerprint density at radius 3 is 2.63 bits per heavy atom. The van der Waals surface area contributed by atoms with E-state index in [0.29, 0.717) is 0 Å². The number of hydrogen-bond acceptors (Lipinski definition) is 5. The fourth-order valence-electron chi connectivity index (χ4n) is 1.61. The molecule has 0 amide bonds.